The lowest BCUT2D eigenvalue weighted by Gasteiger charge is -2.11. The number of allylic oxidation sites excluding steroid dienone is 1. The Morgan fingerprint density at radius 1 is 1.18 bits per heavy atom. The van der Waals surface area contributed by atoms with Gasteiger partial charge in [-0.3, -0.25) is 0 Å². The molecular weight excluding hydrogens is 272 g/mol. The Morgan fingerprint density at radius 3 is 2.55 bits per heavy atom. The zero-order valence-electron chi connectivity index (χ0n) is 13.0. The first-order valence-corrected chi connectivity index (χ1v) is 7.63. The van der Waals surface area contributed by atoms with Crippen LogP contribution < -0.4 is 0 Å². The molecule has 114 valence electrons. The third-order valence-corrected chi connectivity index (χ3v) is 3.82. The molecule has 2 rings (SSSR count). The van der Waals surface area contributed by atoms with E-state index in [9.17, 15) is 4.79 Å². The zero-order valence-corrected chi connectivity index (χ0v) is 13.0. The van der Waals surface area contributed by atoms with E-state index in [1.807, 2.05) is 24.3 Å². The largest absolute Gasteiger partial charge is 0.478 e. The highest BCUT2D eigenvalue weighted by molar-refractivity contribution is 5.89. The summed E-state index contributed by atoms with van der Waals surface area (Å²) in [6.07, 6.45) is 5.17. The third-order valence-electron chi connectivity index (χ3n) is 3.82. The molecule has 0 heterocycles. The monoisotopic (exact) mass is 294 g/mol. The Labute approximate surface area is 132 Å². The van der Waals surface area contributed by atoms with Crippen molar-refractivity contribution in [1.29, 1.82) is 0 Å². The van der Waals surface area contributed by atoms with Gasteiger partial charge in [-0.15, -0.1) is 6.58 Å². The van der Waals surface area contributed by atoms with Crippen molar-refractivity contribution in [3.05, 3.63) is 72.3 Å². The van der Waals surface area contributed by atoms with E-state index >= 15 is 0 Å². The smallest absolute Gasteiger partial charge is 0.335 e. The van der Waals surface area contributed by atoms with Crippen LogP contribution in [0.25, 0.3) is 11.1 Å². The van der Waals surface area contributed by atoms with Gasteiger partial charge >= 0.3 is 5.97 Å². The SMILES string of the molecule is C=CCCC(C)Cc1cccc(-c2cccc(C(=O)O)c2)c1. The van der Waals surface area contributed by atoms with Crippen molar-refractivity contribution in [3.63, 3.8) is 0 Å². The molecule has 1 atom stereocenters. The number of carbonyl (C=O) groups is 1. The molecule has 0 bridgehead atoms. The van der Waals surface area contributed by atoms with E-state index in [1.165, 1.54) is 5.56 Å². The standard InChI is InChI=1S/C20H22O2/c1-3-4-7-15(2)12-16-8-5-9-17(13-16)18-10-6-11-19(14-18)20(21)22/h3,5-6,8-11,13-15H,1,4,7,12H2,2H3,(H,21,22). The molecule has 2 aromatic rings. The van der Waals surface area contributed by atoms with Crippen LogP contribution in [-0.2, 0) is 6.42 Å². The van der Waals surface area contributed by atoms with Gasteiger partial charge in [0.25, 0.3) is 0 Å². The van der Waals surface area contributed by atoms with Crippen molar-refractivity contribution in [2.45, 2.75) is 26.2 Å². The average Bonchev–Trinajstić information content (AvgIpc) is 2.53. The Hall–Kier alpha value is -2.35. The van der Waals surface area contributed by atoms with E-state index in [0.717, 1.165) is 30.4 Å². The highest BCUT2D eigenvalue weighted by Crippen LogP contribution is 2.23. The molecule has 0 saturated heterocycles. The molecule has 22 heavy (non-hydrogen) atoms. The zero-order chi connectivity index (χ0) is 15.9. The van der Waals surface area contributed by atoms with E-state index < -0.39 is 5.97 Å². The molecule has 2 aromatic carbocycles. The summed E-state index contributed by atoms with van der Waals surface area (Å²) in [5, 5.41) is 9.10. The van der Waals surface area contributed by atoms with Crippen molar-refractivity contribution < 1.29 is 9.90 Å². The van der Waals surface area contributed by atoms with Crippen LogP contribution in [0, 0.1) is 5.92 Å². The first-order chi connectivity index (χ1) is 10.6. The van der Waals surface area contributed by atoms with Crippen LogP contribution in [-0.4, -0.2) is 11.1 Å². The number of benzene rings is 2. The molecule has 0 aliphatic carbocycles. The first-order valence-electron chi connectivity index (χ1n) is 7.63. The van der Waals surface area contributed by atoms with Gasteiger partial charge in [0.05, 0.1) is 5.56 Å². The lowest BCUT2D eigenvalue weighted by molar-refractivity contribution is 0.0697. The highest BCUT2D eigenvalue weighted by Gasteiger charge is 2.07. The van der Waals surface area contributed by atoms with Gasteiger partial charge in [-0.05, 0) is 54.0 Å². The van der Waals surface area contributed by atoms with Crippen LogP contribution in [0.3, 0.4) is 0 Å². The molecule has 0 radical (unpaired) electrons. The summed E-state index contributed by atoms with van der Waals surface area (Å²) in [6.45, 7) is 6.02. The third kappa shape index (κ3) is 4.32. The summed E-state index contributed by atoms with van der Waals surface area (Å²) < 4.78 is 0. The van der Waals surface area contributed by atoms with Crippen molar-refractivity contribution in [2.75, 3.05) is 0 Å². The quantitative estimate of drug-likeness (QED) is 0.713. The van der Waals surface area contributed by atoms with Crippen molar-refractivity contribution in [2.24, 2.45) is 5.92 Å². The molecule has 0 amide bonds. The molecule has 0 spiro atoms. The second-order valence-corrected chi connectivity index (χ2v) is 5.76. The van der Waals surface area contributed by atoms with E-state index in [2.05, 4.69) is 25.6 Å². The number of rotatable bonds is 7. The summed E-state index contributed by atoms with van der Waals surface area (Å²) in [6, 6.07) is 15.4. The van der Waals surface area contributed by atoms with E-state index in [1.54, 1.807) is 18.2 Å². The van der Waals surface area contributed by atoms with Crippen LogP contribution in [0.1, 0.15) is 35.7 Å². The Bertz CT molecular complexity index is 658. The van der Waals surface area contributed by atoms with Crippen LogP contribution in [0.15, 0.2) is 61.2 Å². The number of hydrogen-bond donors (Lipinski definition) is 1. The molecule has 0 aliphatic heterocycles. The maximum absolute atomic E-state index is 11.1. The van der Waals surface area contributed by atoms with Gasteiger partial charge in [-0.1, -0.05) is 49.4 Å². The molecule has 2 nitrogen and oxygen atoms in total. The molecule has 0 aromatic heterocycles. The summed E-state index contributed by atoms with van der Waals surface area (Å²) >= 11 is 0. The number of carboxylic acids is 1. The summed E-state index contributed by atoms with van der Waals surface area (Å²) in [7, 11) is 0. The molecule has 0 fully saturated rings. The van der Waals surface area contributed by atoms with Crippen molar-refractivity contribution >= 4 is 5.97 Å². The highest BCUT2D eigenvalue weighted by atomic mass is 16.4. The Morgan fingerprint density at radius 2 is 1.86 bits per heavy atom. The van der Waals surface area contributed by atoms with Gasteiger partial charge in [0.1, 0.15) is 0 Å². The van der Waals surface area contributed by atoms with E-state index in [0.29, 0.717) is 11.5 Å². The predicted molar refractivity (Wildman–Crippen MR) is 91.1 cm³/mol. The van der Waals surface area contributed by atoms with Gasteiger partial charge in [0.2, 0.25) is 0 Å². The van der Waals surface area contributed by atoms with Gasteiger partial charge in [0.15, 0.2) is 0 Å². The summed E-state index contributed by atoms with van der Waals surface area (Å²) in [5.41, 5.74) is 3.62. The summed E-state index contributed by atoms with van der Waals surface area (Å²) in [5.74, 6) is -0.283. The van der Waals surface area contributed by atoms with Crippen LogP contribution in [0.5, 0.6) is 0 Å². The first kappa shape index (κ1) is 16.0. The van der Waals surface area contributed by atoms with Gasteiger partial charge in [-0.25, -0.2) is 4.79 Å². The van der Waals surface area contributed by atoms with Gasteiger partial charge in [0, 0.05) is 0 Å². The minimum atomic E-state index is -0.893. The number of aromatic carboxylic acids is 1. The molecular formula is C20H22O2. The molecule has 2 heteroatoms. The van der Waals surface area contributed by atoms with E-state index in [-0.39, 0.29) is 0 Å². The number of hydrogen-bond acceptors (Lipinski definition) is 1. The second-order valence-electron chi connectivity index (χ2n) is 5.76. The maximum Gasteiger partial charge on any atom is 0.335 e. The fourth-order valence-electron chi connectivity index (χ4n) is 2.62. The molecule has 1 N–H and O–H groups in total. The molecule has 1 unspecified atom stereocenters. The fraction of sp³-hybridized carbons (Fsp3) is 0.250. The maximum atomic E-state index is 11.1. The van der Waals surface area contributed by atoms with Crippen molar-refractivity contribution in [3.8, 4) is 11.1 Å². The Balaban J connectivity index is 2.19. The topological polar surface area (TPSA) is 37.3 Å². The van der Waals surface area contributed by atoms with E-state index in [4.69, 9.17) is 5.11 Å². The van der Waals surface area contributed by atoms with Crippen LogP contribution >= 0.6 is 0 Å². The van der Waals surface area contributed by atoms with Crippen LogP contribution in [0.4, 0.5) is 0 Å². The minimum absolute atomic E-state index is 0.322. The normalized spacial score (nSPS) is 11.9. The second kappa shape index (κ2) is 7.60. The van der Waals surface area contributed by atoms with Crippen LogP contribution in [0.2, 0.25) is 0 Å². The Kier molecular flexibility index (Phi) is 5.54. The van der Waals surface area contributed by atoms with Gasteiger partial charge in [-0.2, -0.15) is 0 Å². The lowest BCUT2D eigenvalue weighted by Crippen LogP contribution is -1.99. The molecule has 0 aliphatic rings. The fourth-order valence-corrected chi connectivity index (χ4v) is 2.62. The predicted octanol–water partition coefficient (Wildman–Crippen LogP) is 5.20. The minimum Gasteiger partial charge on any atom is -0.478 e. The number of carboxylic acid groups (broad SMARTS) is 1. The average molecular weight is 294 g/mol. The lowest BCUT2D eigenvalue weighted by atomic mass is 9.94. The van der Waals surface area contributed by atoms with Crippen molar-refractivity contribution in [1.82, 2.24) is 0 Å². The molecule has 0 saturated carbocycles. The van der Waals surface area contributed by atoms with Gasteiger partial charge < -0.3 is 5.11 Å². The summed E-state index contributed by atoms with van der Waals surface area (Å²) in [4.78, 5) is 11.1.